The van der Waals surface area contributed by atoms with Gasteiger partial charge in [-0.15, -0.1) is 11.6 Å². The minimum atomic E-state index is -0.0377. The molecule has 0 aliphatic heterocycles. The third-order valence-corrected chi connectivity index (χ3v) is 3.53. The normalized spacial score (nSPS) is 25.4. The van der Waals surface area contributed by atoms with Crippen LogP contribution in [0.5, 0.6) is 0 Å². The number of halogens is 1. The van der Waals surface area contributed by atoms with E-state index < -0.39 is 0 Å². The van der Waals surface area contributed by atoms with Crippen LogP contribution in [0.15, 0.2) is 16.7 Å². The van der Waals surface area contributed by atoms with Gasteiger partial charge >= 0.3 is 0 Å². The van der Waals surface area contributed by atoms with Crippen LogP contribution in [-0.4, -0.2) is 17.3 Å². The minimum Gasteiger partial charge on any atom is -0.469 e. The van der Waals surface area contributed by atoms with Gasteiger partial charge in [-0.25, -0.2) is 0 Å². The van der Waals surface area contributed by atoms with Gasteiger partial charge < -0.3 is 9.73 Å². The topological polar surface area (TPSA) is 42.2 Å². The molecule has 16 heavy (non-hydrogen) atoms. The number of carbonyl (C=O) groups is 1. The summed E-state index contributed by atoms with van der Waals surface area (Å²) in [6.07, 6.45) is 5.45. The zero-order valence-corrected chi connectivity index (χ0v) is 10.1. The van der Waals surface area contributed by atoms with E-state index in [1.165, 1.54) is 0 Å². The number of rotatable bonds is 2. The Labute approximate surface area is 100 Å². The molecule has 0 unspecified atom stereocenters. The number of amides is 1. The van der Waals surface area contributed by atoms with E-state index in [1.54, 1.807) is 19.3 Å². The van der Waals surface area contributed by atoms with Crippen molar-refractivity contribution in [1.82, 2.24) is 5.32 Å². The summed E-state index contributed by atoms with van der Waals surface area (Å²) in [6, 6.07) is 1.97. The van der Waals surface area contributed by atoms with E-state index in [-0.39, 0.29) is 17.3 Å². The van der Waals surface area contributed by atoms with Gasteiger partial charge in [0.2, 0.25) is 0 Å². The molecule has 1 heterocycles. The van der Waals surface area contributed by atoms with Crippen molar-refractivity contribution in [2.24, 2.45) is 0 Å². The highest BCUT2D eigenvalue weighted by Crippen LogP contribution is 2.23. The zero-order valence-electron chi connectivity index (χ0n) is 9.33. The summed E-state index contributed by atoms with van der Waals surface area (Å²) in [5.41, 5.74) is 0.632. The van der Waals surface area contributed by atoms with E-state index in [0.29, 0.717) is 11.3 Å². The van der Waals surface area contributed by atoms with Gasteiger partial charge in [0.1, 0.15) is 5.76 Å². The summed E-state index contributed by atoms with van der Waals surface area (Å²) in [7, 11) is 0. The largest absolute Gasteiger partial charge is 0.469 e. The average Bonchev–Trinajstić information content (AvgIpc) is 2.68. The number of alkyl halides is 1. The van der Waals surface area contributed by atoms with E-state index in [1.807, 2.05) is 0 Å². The van der Waals surface area contributed by atoms with Gasteiger partial charge in [-0.05, 0) is 38.7 Å². The summed E-state index contributed by atoms with van der Waals surface area (Å²) < 4.78 is 5.11. The van der Waals surface area contributed by atoms with Crippen LogP contribution in [0.4, 0.5) is 0 Å². The number of aryl methyl sites for hydroxylation is 1. The van der Waals surface area contributed by atoms with Crippen molar-refractivity contribution in [1.29, 1.82) is 0 Å². The fourth-order valence-electron chi connectivity index (χ4n) is 2.08. The number of hydrogen-bond acceptors (Lipinski definition) is 2. The van der Waals surface area contributed by atoms with Crippen molar-refractivity contribution >= 4 is 17.5 Å². The number of furan rings is 1. The van der Waals surface area contributed by atoms with E-state index in [0.717, 1.165) is 25.7 Å². The molecule has 1 aromatic heterocycles. The SMILES string of the molecule is Cc1occc1C(=O)NC1CCC(Cl)CC1. The highest BCUT2D eigenvalue weighted by molar-refractivity contribution is 6.20. The molecule has 88 valence electrons. The molecule has 1 fully saturated rings. The van der Waals surface area contributed by atoms with Crippen LogP contribution in [0, 0.1) is 6.92 Å². The second-order valence-corrected chi connectivity index (χ2v) is 4.93. The average molecular weight is 242 g/mol. The Morgan fingerprint density at radius 2 is 2.12 bits per heavy atom. The molecule has 1 aliphatic carbocycles. The molecular formula is C12H16ClNO2. The maximum Gasteiger partial charge on any atom is 0.255 e. The zero-order chi connectivity index (χ0) is 11.5. The second kappa shape index (κ2) is 4.91. The Morgan fingerprint density at radius 3 is 2.69 bits per heavy atom. The molecule has 4 heteroatoms. The van der Waals surface area contributed by atoms with Gasteiger partial charge in [0.25, 0.3) is 5.91 Å². The lowest BCUT2D eigenvalue weighted by Gasteiger charge is -2.25. The van der Waals surface area contributed by atoms with Gasteiger partial charge in [0.05, 0.1) is 11.8 Å². The van der Waals surface area contributed by atoms with Crippen molar-refractivity contribution in [3.8, 4) is 0 Å². The van der Waals surface area contributed by atoms with Gasteiger partial charge in [-0.1, -0.05) is 0 Å². The van der Waals surface area contributed by atoms with Crippen molar-refractivity contribution in [3.63, 3.8) is 0 Å². The Kier molecular flexibility index (Phi) is 3.54. The van der Waals surface area contributed by atoms with Gasteiger partial charge in [-0.3, -0.25) is 4.79 Å². The lowest BCUT2D eigenvalue weighted by molar-refractivity contribution is 0.0926. The number of carbonyl (C=O) groups excluding carboxylic acids is 1. The first-order valence-electron chi connectivity index (χ1n) is 5.66. The molecule has 0 atom stereocenters. The molecule has 0 aromatic carbocycles. The van der Waals surface area contributed by atoms with Gasteiger partial charge in [0.15, 0.2) is 0 Å². The molecule has 2 rings (SSSR count). The van der Waals surface area contributed by atoms with Gasteiger partial charge in [0, 0.05) is 11.4 Å². The summed E-state index contributed by atoms with van der Waals surface area (Å²) in [4.78, 5) is 11.9. The summed E-state index contributed by atoms with van der Waals surface area (Å²) in [5.74, 6) is 0.632. The second-order valence-electron chi connectivity index (χ2n) is 4.31. The van der Waals surface area contributed by atoms with Gasteiger partial charge in [-0.2, -0.15) is 0 Å². The maximum absolute atomic E-state index is 11.9. The van der Waals surface area contributed by atoms with Crippen LogP contribution in [0.1, 0.15) is 41.8 Å². The van der Waals surface area contributed by atoms with Crippen LogP contribution in [0.3, 0.4) is 0 Å². The predicted octanol–water partition coefficient (Wildman–Crippen LogP) is 2.87. The van der Waals surface area contributed by atoms with Crippen molar-refractivity contribution in [3.05, 3.63) is 23.7 Å². The first-order chi connectivity index (χ1) is 7.66. The Hall–Kier alpha value is -0.960. The quantitative estimate of drug-likeness (QED) is 0.809. The van der Waals surface area contributed by atoms with Crippen LogP contribution < -0.4 is 5.32 Å². The lowest BCUT2D eigenvalue weighted by atomic mass is 9.95. The van der Waals surface area contributed by atoms with Crippen molar-refractivity contribution in [2.45, 2.75) is 44.0 Å². The first kappa shape index (κ1) is 11.5. The van der Waals surface area contributed by atoms with E-state index in [4.69, 9.17) is 16.0 Å². The Balaban J connectivity index is 1.91. The standard InChI is InChI=1S/C12H16ClNO2/c1-8-11(6-7-16-8)12(15)14-10-4-2-9(13)3-5-10/h6-7,9-10H,2-5H2,1H3,(H,14,15). The fraction of sp³-hybridized carbons (Fsp3) is 0.583. The molecule has 3 nitrogen and oxygen atoms in total. The highest BCUT2D eigenvalue weighted by atomic mass is 35.5. The van der Waals surface area contributed by atoms with Crippen LogP contribution in [0.25, 0.3) is 0 Å². The smallest absolute Gasteiger partial charge is 0.255 e. The highest BCUT2D eigenvalue weighted by Gasteiger charge is 2.22. The van der Waals surface area contributed by atoms with E-state index >= 15 is 0 Å². The molecule has 1 aliphatic rings. The fourth-order valence-corrected chi connectivity index (χ4v) is 2.33. The molecule has 1 saturated carbocycles. The number of hydrogen-bond donors (Lipinski definition) is 1. The monoisotopic (exact) mass is 241 g/mol. The lowest BCUT2D eigenvalue weighted by Crippen LogP contribution is -2.37. The molecule has 0 saturated heterocycles. The van der Waals surface area contributed by atoms with E-state index in [2.05, 4.69) is 5.32 Å². The summed E-state index contributed by atoms with van der Waals surface area (Å²) >= 11 is 6.02. The Morgan fingerprint density at radius 1 is 1.44 bits per heavy atom. The molecule has 1 amide bonds. The van der Waals surface area contributed by atoms with Crippen LogP contribution >= 0.6 is 11.6 Å². The summed E-state index contributed by atoms with van der Waals surface area (Å²) in [6.45, 7) is 1.80. The maximum atomic E-state index is 11.9. The predicted molar refractivity (Wildman–Crippen MR) is 62.8 cm³/mol. The van der Waals surface area contributed by atoms with E-state index in [9.17, 15) is 4.79 Å². The molecule has 0 spiro atoms. The third-order valence-electron chi connectivity index (χ3n) is 3.10. The molecule has 0 radical (unpaired) electrons. The summed E-state index contributed by atoms with van der Waals surface area (Å²) in [5, 5.41) is 3.31. The minimum absolute atomic E-state index is 0.0377. The van der Waals surface area contributed by atoms with Crippen LogP contribution in [-0.2, 0) is 0 Å². The number of nitrogens with one attached hydrogen (secondary N) is 1. The first-order valence-corrected chi connectivity index (χ1v) is 6.09. The molecule has 0 bridgehead atoms. The van der Waals surface area contributed by atoms with Crippen molar-refractivity contribution < 1.29 is 9.21 Å². The Bertz CT molecular complexity index is 367. The molecule has 1 aromatic rings. The molecule has 1 N–H and O–H groups in total. The van der Waals surface area contributed by atoms with Crippen LogP contribution in [0.2, 0.25) is 0 Å². The molecular weight excluding hydrogens is 226 g/mol. The van der Waals surface area contributed by atoms with Crippen molar-refractivity contribution in [2.75, 3.05) is 0 Å². The third kappa shape index (κ3) is 2.59.